The van der Waals surface area contributed by atoms with Crippen molar-refractivity contribution in [2.75, 3.05) is 20.3 Å². The minimum absolute atomic E-state index is 0.245. The Morgan fingerprint density at radius 3 is 2.59 bits per heavy atom. The van der Waals surface area contributed by atoms with Gasteiger partial charge in [-0.1, -0.05) is 19.0 Å². The van der Waals surface area contributed by atoms with E-state index in [-0.39, 0.29) is 5.41 Å². The van der Waals surface area contributed by atoms with Gasteiger partial charge >= 0.3 is 0 Å². The van der Waals surface area contributed by atoms with Gasteiger partial charge in [-0.05, 0) is 25.7 Å². The average Bonchev–Trinajstić information content (AvgIpc) is 2.58. The van der Waals surface area contributed by atoms with Crippen LogP contribution in [0.25, 0.3) is 0 Å². The van der Waals surface area contributed by atoms with Crippen molar-refractivity contribution < 1.29 is 9.26 Å². The maximum absolute atomic E-state index is 5.13. The first-order valence-electron chi connectivity index (χ1n) is 6.07. The van der Waals surface area contributed by atoms with Crippen molar-refractivity contribution in [3.63, 3.8) is 0 Å². The number of nitrogens with one attached hydrogen (secondary N) is 1. The molecule has 1 rings (SSSR count). The molecular formula is C13H24N2O2. The molecule has 0 saturated heterocycles. The van der Waals surface area contributed by atoms with Crippen LogP contribution in [0.5, 0.6) is 0 Å². The van der Waals surface area contributed by atoms with E-state index in [0.29, 0.717) is 0 Å². The van der Waals surface area contributed by atoms with E-state index in [1.807, 2.05) is 13.8 Å². The van der Waals surface area contributed by atoms with Crippen LogP contribution in [-0.4, -0.2) is 25.4 Å². The molecule has 0 aliphatic carbocycles. The minimum atomic E-state index is 0.245. The fraction of sp³-hybridized carbons (Fsp3) is 0.769. The van der Waals surface area contributed by atoms with Gasteiger partial charge in [0.1, 0.15) is 5.76 Å². The number of ether oxygens (including phenoxy) is 1. The van der Waals surface area contributed by atoms with Gasteiger partial charge in [0.05, 0.1) is 5.69 Å². The summed E-state index contributed by atoms with van der Waals surface area (Å²) in [6, 6.07) is 0. The molecule has 1 N–H and O–H groups in total. The average molecular weight is 240 g/mol. The SMILES string of the molecule is COCCC(C)(C)CNCc1c(C)noc1C. The molecule has 0 amide bonds. The number of hydrogen-bond acceptors (Lipinski definition) is 4. The Morgan fingerprint density at radius 2 is 2.06 bits per heavy atom. The van der Waals surface area contributed by atoms with Crippen LogP contribution in [0.1, 0.15) is 37.3 Å². The summed E-state index contributed by atoms with van der Waals surface area (Å²) in [6.07, 6.45) is 1.05. The van der Waals surface area contributed by atoms with Gasteiger partial charge in [-0.2, -0.15) is 0 Å². The number of nitrogens with zero attached hydrogens (tertiary/aromatic N) is 1. The molecule has 0 aromatic carbocycles. The van der Waals surface area contributed by atoms with Gasteiger partial charge < -0.3 is 14.6 Å². The molecule has 4 nitrogen and oxygen atoms in total. The monoisotopic (exact) mass is 240 g/mol. The highest BCUT2D eigenvalue weighted by Gasteiger charge is 2.17. The van der Waals surface area contributed by atoms with Crippen molar-refractivity contribution in [3.8, 4) is 0 Å². The lowest BCUT2D eigenvalue weighted by Crippen LogP contribution is -2.30. The normalized spacial score (nSPS) is 12.1. The van der Waals surface area contributed by atoms with Crippen LogP contribution < -0.4 is 5.32 Å². The van der Waals surface area contributed by atoms with E-state index in [0.717, 1.165) is 37.6 Å². The van der Waals surface area contributed by atoms with Crippen LogP contribution in [0.2, 0.25) is 0 Å². The molecule has 1 aromatic heterocycles. The number of hydrogen-bond donors (Lipinski definition) is 1. The maximum Gasteiger partial charge on any atom is 0.138 e. The third kappa shape index (κ3) is 4.48. The highest BCUT2D eigenvalue weighted by atomic mass is 16.5. The second-order valence-electron chi connectivity index (χ2n) is 5.31. The predicted molar refractivity (Wildman–Crippen MR) is 68.0 cm³/mol. The standard InChI is InChI=1S/C13H24N2O2/c1-10-12(11(2)17-15-10)8-14-9-13(3,4)6-7-16-5/h14H,6-9H2,1-5H3. The summed E-state index contributed by atoms with van der Waals surface area (Å²) in [5.41, 5.74) is 2.40. The molecule has 0 spiro atoms. The summed E-state index contributed by atoms with van der Waals surface area (Å²) < 4.78 is 10.2. The van der Waals surface area contributed by atoms with Crippen LogP contribution in [0.3, 0.4) is 0 Å². The van der Waals surface area contributed by atoms with Gasteiger partial charge in [0, 0.05) is 32.4 Å². The van der Waals surface area contributed by atoms with Crippen molar-refractivity contribution in [2.45, 2.75) is 40.7 Å². The highest BCUT2D eigenvalue weighted by molar-refractivity contribution is 5.20. The van der Waals surface area contributed by atoms with Crippen molar-refractivity contribution >= 4 is 0 Å². The van der Waals surface area contributed by atoms with Gasteiger partial charge in [0.15, 0.2) is 0 Å². The molecule has 0 atom stereocenters. The zero-order valence-corrected chi connectivity index (χ0v) is 11.6. The number of methoxy groups -OCH3 is 1. The largest absolute Gasteiger partial charge is 0.385 e. The summed E-state index contributed by atoms with van der Waals surface area (Å²) in [5, 5.41) is 7.41. The summed E-state index contributed by atoms with van der Waals surface area (Å²) in [6.45, 7) is 11.0. The van der Waals surface area contributed by atoms with E-state index in [9.17, 15) is 0 Å². The number of rotatable bonds is 7. The van der Waals surface area contributed by atoms with Crippen LogP contribution in [0, 0.1) is 19.3 Å². The first-order chi connectivity index (χ1) is 7.96. The summed E-state index contributed by atoms with van der Waals surface area (Å²) in [5.74, 6) is 0.907. The Labute approximate surface area is 104 Å². The predicted octanol–water partition coefficient (Wildman–Crippen LogP) is 2.44. The Hall–Kier alpha value is -0.870. The fourth-order valence-corrected chi connectivity index (χ4v) is 1.75. The van der Waals surface area contributed by atoms with E-state index >= 15 is 0 Å². The van der Waals surface area contributed by atoms with Crippen molar-refractivity contribution in [1.82, 2.24) is 10.5 Å². The Balaban J connectivity index is 2.37. The lowest BCUT2D eigenvalue weighted by atomic mass is 9.89. The summed E-state index contributed by atoms with van der Waals surface area (Å²) in [4.78, 5) is 0. The third-order valence-electron chi connectivity index (χ3n) is 3.07. The molecule has 17 heavy (non-hydrogen) atoms. The van der Waals surface area contributed by atoms with Gasteiger partial charge in [0.2, 0.25) is 0 Å². The number of aryl methyl sites for hydroxylation is 2. The molecule has 0 bridgehead atoms. The van der Waals surface area contributed by atoms with Crippen molar-refractivity contribution in [3.05, 3.63) is 17.0 Å². The number of aromatic nitrogens is 1. The molecule has 0 aliphatic rings. The van der Waals surface area contributed by atoms with E-state index in [1.165, 1.54) is 5.56 Å². The Bertz CT molecular complexity index is 326. The Kier molecular flexibility index (Phi) is 5.15. The van der Waals surface area contributed by atoms with Gasteiger partial charge in [0.25, 0.3) is 0 Å². The maximum atomic E-state index is 5.13. The highest BCUT2D eigenvalue weighted by Crippen LogP contribution is 2.19. The van der Waals surface area contributed by atoms with Gasteiger partial charge in [-0.3, -0.25) is 0 Å². The Morgan fingerprint density at radius 1 is 1.35 bits per heavy atom. The molecule has 0 radical (unpaired) electrons. The fourth-order valence-electron chi connectivity index (χ4n) is 1.75. The van der Waals surface area contributed by atoms with E-state index in [1.54, 1.807) is 7.11 Å². The van der Waals surface area contributed by atoms with Gasteiger partial charge in [-0.15, -0.1) is 0 Å². The van der Waals surface area contributed by atoms with Crippen LogP contribution in [0.15, 0.2) is 4.52 Å². The van der Waals surface area contributed by atoms with Crippen LogP contribution in [-0.2, 0) is 11.3 Å². The first-order valence-corrected chi connectivity index (χ1v) is 6.07. The van der Waals surface area contributed by atoms with E-state index in [2.05, 4.69) is 24.3 Å². The molecule has 1 aromatic rings. The van der Waals surface area contributed by atoms with E-state index < -0.39 is 0 Å². The van der Waals surface area contributed by atoms with Gasteiger partial charge in [-0.25, -0.2) is 0 Å². The molecule has 0 aliphatic heterocycles. The molecule has 0 saturated carbocycles. The lowest BCUT2D eigenvalue weighted by Gasteiger charge is -2.24. The quantitative estimate of drug-likeness (QED) is 0.795. The van der Waals surface area contributed by atoms with Crippen LogP contribution >= 0.6 is 0 Å². The molecule has 98 valence electrons. The third-order valence-corrected chi connectivity index (χ3v) is 3.07. The zero-order chi connectivity index (χ0) is 12.9. The molecular weight excluding hydrogens is 216 g/mol. The minimum Gasteiger partial charge on any atom is -0.385 e. The lowest BCUT2D eigenvalue weighted by molar-refractivity contribution is 0.150. The zero-order valence-electron chi connectivity index (χ0n) is 11.6. The summed E-state index contributed by atoms with van der Waals surface area (Å²) in [7, 11) is 1.74. The molecule has 4 heteroatoms. The second kappa shape index (κ2) is 6.17. The van der Waals surface area contributed by atoms with Crippen LogP contribution in [0.4, 0.5) is 0 Å². The molecule has 0 fully saturated rings. The molecule has 1 heterocycles. The molecule has 0 unspecified atom stereocenters. The topological polar surface area (TPSA) is 47.3 Å². The van der Waals surface area contributed by atoms with Crippen molar-refractivity contribution in [1.29, 1.82) is 0 Å². The summed E-state index contributed by atoms with van der Waals surface area (Å²) >= 11 is 0. The van der Waals surface area contributed by atoms with E-state index in [4.69, 9.17) is 9.26 Å². The first kappa shape index (κ1) is 14.2. The smallest absolute Gasteiger partial charge is 0.138 e. The van der Waals surface area contributed by atoms with Crippen molar-refractivity contribution in [2.24, 2.45) is 5.41 Å². The second-order valence-corrected chi connectivity index (χ2v) is 5.31.